The first-order chi connectivity index (χ1) is 11.2. The summed E-state index contributed by atoms with van der Waals surface area (Å²) < 4.78 is 5.91. The van der Waals surface area contributed by atoms with Crippen LogP contribution in [0.1, 0.15) is 48.9 Å². The van der Waals surface area contributed by atoms with Crippen molar-refractivity contribution in [1.82, 2.24) is 10.2 Å². The second kappa shape index (κ2) is 7.82. The van der Waals surface area contributed by atoms with Gasteiger partial charge in [0, 0.05) is 25.2 Å². The second-order valence-corrected chi connectivity index (χ2v) is 6.90. The Labute approximate surface area is 139 Å². The molecule has 1 aliphatic heterocycles. The normalized spacial score (nSPS) is 22.0. The van der Waals surface area contributed by atoms with Crippen LogP contribution in [-0.2, 0) is 0 Å². The molecule has 1 aliphatic carbocycles. The zero-order valence-electron chi connectivity index (χ0n) is 14.1. The van der Waals surface area contributed by atoms with Gasteiger partial charge in [-0.3, -0.25) is 4.79 Å². The molecular weight excluding hydrogens is 288 g/mol. The predicted octanol–water partition coefficient (Wildman–Crippen LogP) is 3.08. The lowest BCUT2D eigenvalue weighted by molar-refractivity contribution is 0.0743. The summed E-state index contributed by atoms with van der Waals surface area (Å²) in [5, 5.41) is 3.30. The Kier molecular flexibility index (Phi) is 5.55. The van der Waals surface area contributed by atoms with E-state index in [1.807, 2.05) is 36.2 Å². The molecule has 1 saturated carbocycles. The van der Waals surface area contributed by atoms with E-state index in [1.54, 1.807) is 0 Å². The van der Waals surface area contributed by atoms with Gasteiger partial charge in [0.15, 0.2) is 0 Å². The highest BCUT2D eigenvalue weighted by atomic mass is 16.5. The van der Waals surface area contributed by atoms with Crippen LogP contribution in [0, 0.1) is 5.92 Å². The lowest BCUT2D eigenvalue weighted by Gasteiger charge is -2.24. The summed E-state index contributed by atoms with van der Waals surface area (Å²) >= 11 is 0. The van der Waals surface area contributed by atoms with Crippen LogP contribution in [0.2, 0.25) is 0 Å². The van der Waals surface area contributed by atoms with Crippen LogP contribution in [0.15, 0.2) is 24.3 Å². The number of amides is 1. The van der Waals surface area contributed by atoms with Crippen LogP contribution in [0.5, 0.6) is 5.75 Å². The molecule has 3 rings (SSSR count). The minimum Gasteiger partial charge on any atom is -0.493 e. The maximum atomic E-state index is 12.5. The first-order valence-corrected chi connectivity index (χ1v) is 8.95. The number of rotatable bonds is 5. The molecule has 1 amide bonds. The molecule has 1 aromatic carbocycles. The minimum atomic E-state index is 0.0949. The smallest absolute Gasteiger partial charge is 0.253 e. The third-order valence-electron chi connectivity index (χ3n) is 5.21. The molecule has 1 saturated heterocycles. The Morgan fingerprint density at radius 1 is 1.17 bits per heavy atom. The summed E-state index contributed by atoms with van der Waals surface area (Å²) in [6.45, 7) is 2.70. The molecule has 23 heavy (non-hydrogen) atoms. The van der Waals surface area contributed by atoms with Crippen LogP contribution < -0.4 is 10.1 Å². The molecule has 126 valence electrons. The number of carbonyl (C=O) groups excluding carboxylic acids is 1. The summed E-state index contributed by atoms with van der Waals surface area (Å²) in [4.78, 5) is 14.4. The van der Waals surface area contributed by atoms with Gasteiger partial charge in [-0.05, 0) is 56.0 Å². The fraction of sp³-hybridized carbons (Fsp3) is 0.632. The van der Waals surface area contributed by atoms with E-state index in [4.69, 9.17) is 4.74 Å². The average Bonchev–Trinajstić information content (AvgIpc) is 3.15. The fourth-order valence-electron chi connectivity index (χ4n) is 3.60. The van der Waals surface area contributed by atoms with Crippen LogP contribution in [-0.4, -0.2) is 43.6 Å². The van der Waals surface area contributed by atoms with Crippen LogP contribution in [0.3, 0.4) is 0 Å². The highest BCUT2D eigenvalue weighted by Gasteiger charge is 2.24. The van der Waals surface area contributed by atoms with Crippen molar-refractivity contribution >= 4 is 5.91 Å². The molecule has 0 spiro atoms. The van der Waals surface area contributed by atoms with E-state index < -0.39 is 0 Å². The topological polar surface area (TPSA) is 41.6 Å². The molecule has 1 atom stereocenters. The first-order valence-electron chi connectivity index (χ1n) is 8.95. The molecule has 0 bridgehead atoms. The van der Waals surface area contributed by atoms with E-state index >= 15 is 0 Å². The number of hydrogen-bond donors (Lipinski definition) is 1. The molecule has 4 heteroatoms. The first kappa shape index (κ1) is 16.3. The van der Waals surface area contributed by atoms with Gasteiger partial charge in [-0.2, -0.15) is 0 Å². The maximum absolute atomic E-state index is 12.5. The van der Waals surface area contributed by atoms with Crippen molar-refractivity contribution < 1.29 is 9.53 Å². The van der Waals surface area contributed by atoms with Crippen molar-refractivity contribution in [3.05, 3.63) is 29.8 Å². The highest BCUT2D eigenvalue weighted by Crippen LogP contribution is 2.25. The maximum Gasteiger partial charge on any atom is 0.253 e. The van der Waals surface area contributed by atoms with Gasteiger partial charge in [0.05, 0.1) is 6.61 Å². The van der Waals surface area contributed by atoms with Crippen molar-refractivity contribution in [1.29, 1.82) is 0 Å². The highest BCUT2D eigenvalue weighted by molar-refractivity contribution is 5.94. The number of nitrogens with zero attached hydrogens (tertiary/aromatic N) is 1. The minimum absolute atomic E-state index is 0.0949. The number of likely N-dealkylation sites (N-methyl/N-ethyl adjacent to an activating group) is 1. The van der Waals surface area contributed by atoms with E-state index in [-0.39, 0.29) is 5.91 Å². The van der Waals surface area contributed by atoms with E-state index in [0.29, 0.717) is 12.0 Å². The fourth-order valence-corrected chi connectivity index (χ4v) is 3.60. The van der Waals surface area contributed by atoms with E-state index in [9.17, 15) is 4.79 Å². The van der Waals surface area contributed by atoms with E-state index in [0.717, 1.165) is 37.4 Å². The SMILES string of the molecule is CN(C(=O)c1ccc(OCC2CCCCC2)cc1)C1CCNC1. The summed E-state index contributed by atoms with van der Waals surface area (Å²) in [5.74, 6) is 1.67. The molecule has 1 unspecified atom stereocenters. The van der Waals surface area contributed by atoms with Gasteiger partial charge in [0.25, 0.3) is 5.91 Å². The van der Waals surface area contributed by atoms with Crippen molar-refractivity contribution in [2.45, 2.75) is 44.6 Å². The molecule has 1 heterocycles. The van der Waals surface area contributed by atoms with Crippen molar-refractivity contribution in [2.24, 2.45) is 5.92 Å². The van der Waals surface area contributed by atoms with Gasteiger partial charge in [-0.25, -0.2) is 0 Å². The average molecular weight is 316 g/mol. The molecule has 4 nitrogen and oxygen atoms in total. The number of nitrogens with one attached hydrogen (secondary N) is 1. The van der Waals surface area contributed by atoms with E-state index in [1.165, 1.54) is 32.1 Å². The monoisotopic (exact) mass is 316 g/mol. The standard InChI is InChI=1S/C19H28N2O2/c1-21(17-11-12-20-13-17)19(22)16-7-9-18(10-8-16)23-14-15-5-3-2-4-6-15/h7-10,15,17,20H,2-6,11-14H2,1H3. The van der Waals surface area contributed by atoms with Gasteiger partial charge in [0.2, 0.25) is 0 Å². The predicted molar refractivity (Wildman–Crippen MR) is 91.9 cm³/mol. The van der Waals surface area contributed by atoms with Crippen LogP contribution >= 0.6 is 0 Å². The third-order valence-corrected chi connectivity index (χ3v) is 5.21. The number of carbonyl (C=O) groups is 1. The largest absolute Gasteiger partial charge is 0.493 e. The molecule has 1 N–H and O–H groups in total. The van der Waals surface area contributed by atoms with Crippen LogP contribution in [0.4, 0.5) is 0 Å². The van der Waals surface area contributed by atoms with Crippen molar-refractivity contribution in [3.63, 3.8) is 0 Å². The lowest BCUT2D eigenvalue weighted by atomic mass is 9.90. The zero-order chi connectivity index (χ0) is 16.1. The Bertz CT molecular complexity index is 503. The summed E-state index contributed by atoms with van der Waals surface area (Å²) in [6, 6.07) is 7.94. The molecule has 2 aliphatic rings. The third kappa shape index (κ3) is 4.25. The van der Waals surface area contributed by atoms with Gasteiger partial charge in [0.1, 0.15) is 5.75 Å². The van der Waals surface area contributed by atoms with Crippen molar-refractivity contribution in [2.75, 3.05) is 26.7 Å². The summed E-state index contributed by atoms with van der Waals surface area (Å²) in [6.07, 6.45) is 7.66. The van der Waals surface area contributed by atoms with Gasteiger partial charge < -0.3 is 15.0 Å². The zero-order valence-corrected chi connectivity index (χ0v) is 14.1. The number of hydrogen-bond acceptors (Lipinski definition) is 3. The Morgan fingerprint density at radius 2 is 1.91 bits per heavy atom. The molecule has 0 aromatic heterocycles. The Hall–Kier alpha value is -1.55. The number of ether oxygens (including phenoxy) is 1. The van der Waals surface area contributed by atoms with Gasteiger partial charge in [-0.15, -0.1) is 0 Å². The quantitative estimate of drug-likeness (QED) is 0.907. The molecule has 1 aromatic rings. The van der Waals surface area contributed by atoms with E-state index in [2.05, 4.69) is 5.32 Å². The molecule has 0 radical (unpaired) electrons. The summed E-state index contributed by atoms with van der Waals surface area (Å²) in [7, 11) is 1.90. The van der Waals surface area contributed by atoms with Crippen LogP contribution in [0.25, 0.3) is 0 Å². The molecular formula is C19H28N2O2. The number of benzene rings is 1. The van der Waals surface area contributed by atoms with Gasteiger partial charge >= 0.3 is 0 Å². The van der Waals surface area contributed by atoms with Crippen molar-refractivity contribution in [3.8, 4) is 5.75 Å². The lowest BCUT2D eigenvalue weighted by Crippen LogP contribution is -2.38. The van der Waals surface area contributed by atoms with Gasteiger partial charge in [-0.1, -0.05) is 19.3 Å². The Morgan fingerprint density at radius 3 is 2.57 bits per heavy atom. The molecule has 2 fully saturated rings. The Balaban J connectivity index is 1.52. The summed E-state index contributed by atoms with van der Waals surface area (Å²) in [5.41, 5.74) is 0.740. The second-order valence-electron chi connectivity index (χ2n) is 6.90.